The van der Waals surface area contributed by atoms with E-state index in [9.17, 15) is 4.79 Å². The van der Waals surface area contributed by atoms with E-state index in [1.807, 2.05) is 69.3 Å². The molecule has 0 radical (unpaired) electrons. The Morgan fingerprint density at radius 2 is 1.81 bits per heavy atom. The molecule has 1 atom stereocenters. The van der Waals surface area contributed by atoms with Crippen LogP contribution in [0.25, 0.3) is 11.1 Å². The van der Waals surface area contributed by atoms with Crippen LogP contribution in [0.5, 0.6) is 5.75 Å². The van der Waals surface area contributed by atoms with E-state index >= 15 is 0 Å². The molecule has 0 spiro atoms. The highest BCUT2D eigenvalue weighted by Gasteiger charge is 2.29. The van der Waals surface area contributed by atoms with Crippen molar-refractivity contribution in [2.45, 2.75) is 38.9 Å². The number of benzene rings is 3. The van der Waals surface area contributed by atoms with Crippen molar-refractivity contribution in [3.05, 3.63) is 89.0 Å². The minimum Gasteiger partial charge on any atom is -0.497 e. The molecule has 0 bridgehead atoms. The fourth-order valence-corrected chi connectivity index (χ4v) is 4.09. The maximum atomic E-state index is 13.2. The van der Waals surface area contributed by atoms with E-state index in [0.29, 0.717) is 5.56 Å². The van der Waals surface area contributed by atoms with Gasteiger partial charge in [0.05, 0.1) is 19.7 Å². The Labute approximate surface area is 189 Å². The summed E-state index contributed by atoms with van der Waals surface area (Å²) < 4.78 is 5.35. The van der Waals surface area contributed by atoms with Gasteiger partial charge in [-0.15, -0.1) is 0 Å². The Morgan fingerprint density at radius 1 is 1.06 bits per heavy atom. The normalized spacial score (nSPS) is 13.8. The van der Waals surface area contributed by atoms with E-state index in [4.69, 9.17) is 10.5 Å². The van der Waals surface area contributed by atoms with E-state index in [0.717, 1.165) is 34.7 Å². The lowest BCUT2D eigenvalue weighted by molar-refractivity contribution is 0.0919. The average Bonchev–Trinajstić information content (AvgIpc) is 3.16. The Morgan fingerprint density at radius 3 is 2.56 bits per heavy atom. The Balaban J connectivity index is 1.62. The van der Waals surface area contributed by atoms with Gasteiger partial charge in [0.15, 0.2) is 0 Å². The Bertz CT molecular complexity index is 1190. The number of rotatable bonds is 6. The summed E-state index contributed by atoms with van der Waals surface area (Å²) in [6.45, 7) is 6.59. The highest BCUT2D eigenvalue weighted by Crippen LogP contribution is 2.29. The van der Waals surface area contributed by atoms with Gasteiger partial charge in [-0.2, -0.15) is 0 Å². The standard InChI is InChI=1S/C27H29N3O2/c1-17-24-15-19(11-12-22(24)16-29-17)18-7-5-9-21(13-18)26(31)30-25(27(2,3)28)20-8-6-10-23(14-20)32-4/h5-15,25H,16,28H2,1-4H3,(H,30,31). The van der Waals surface area contributed by atoms with Crippen LogP contribution in [0, 0.1) is 0 Å². The highest BCUT2D eigenvalue weighted by atomic mass is 16.5. The number of hydrogen-bond acceptors (Lipinski definition) is 4. The molecule has 1 aliphatic rings. The first-order valence-corrected chi connectivity index (χ1v) is 10.7. The minimum atomic E-state index is -0.670. The number of nitrogens with one attached hydrogen (secondary N) is 1. The van der Waals surface area contributed by atoms with E-state index in [1.54, 1.807) is 7.11 Å². The summed E-state index contributed by atoms with van der Waals surface area (Å²) in [6, 6.07) is 21.3. The van der Waals surface area contributed by atoms with Crippen LogP contribution >= 0.6 is 0 Å². The van der Waals surface area contributed by atoms with Gasteiger partial charge in [-0.25, -0.2) is 0 Å². The number of nitrogens with two attached hydrogens (primary N) is 1. The van der Waals surface area contributed by atoms with Crippen LogP contribution in [0.2, 0.25) is 0 Å². The lowest BCUT2D eigenvalue weighted by Crippen LogP contribution is -2.48. The Kier molecular flexibility index (Phi) is 5.85. The molecule has 1 unspecified atom stereocenters. The molecule has 0 aliphatic carbocycles. The van der Waals surface area contributed by atoms with Crippen LogP contribution in [-0.2, 0) is 6.54 Å². The SMILES string of the molecule is COc1cccc(C(NC(=O)c2cccc(-c3ccc4c(c3)C(C)=NC4)c2)C(C)(C)N)c1. The van der Waals surface area contributed by atoms with Crippen molar-refractivity contribution in [3.8, 4) is 16.9 Å². The van der Waals surface area contributed by atoms with Crippen LogP contribution in [-0.4, -0.2) is 24.3 Å². The zero-order valence-electron chi connectivity index (χ0n) is 19.0. The zero-order valence-corrected chi connectivity index (χ0v) is 19.0. The largest absolute Gasteiger partial charge is 0.497 e. The molecule has 0 saturated carbocycles. The second kappa shape index (κ2) is 8.60. The summed E-state index contributed by atoms with van der Waals surface area (Å²) in [7, 11) is 1.62. The second-order valence-electron chi connectivity index (χ2n) is 8.86. The minimum absolute atomic E-state index is 0.169. The maximum Gasteiger partial charge on any atom is 0.251 e. The van der Waals surface area contributed by atoms with Crippen LogP contribution in [0.1, 0.15) is 53.9 Å². The summed E-state index contributed by atoms with van der Waals surface area (Å²) in [5, 5.41) is 3.13. The number of carbonyl (C=O) groups is 1. The lowest BCUT2D eigenvalue weighted by atomic mass is 9.89. The number of carbonyl (C=O) groups excluding carboxylic acids is 1. The summed E-state index contributed by atoms with van der Waals surface area (Å²) in [5.41, 5.74) is 12.8. The molecule has 1 heterocycles. The molecule has 3 aromatic rings. The quantitative estimate of drug-likeness (QED) is 0.588. The predicted molar refractivity (Wildman–Crippen MR) is 129 cm³/mol. The fraction of sp³-hybridized carbons (Fsp3) is 0.259. The van der Waals surface area contributed by atoms with Gasteiger partial charge in [-0.3, -0.25) is 9.79 Å². The van der Waals surface area contributed by atoms with Gasteiger partial charge in [0, 0.05) is 22.4 Å². The molecular formula is C27H29N3O2. The van der Waals surface area contributed by atoms with Crippen molar-refractivity contribution in [1.29, 1.82) is 0 Å². The monoisotopic (exact) mass is 427 g/mol. The van der Waals surface area contributed by atoms with Gasteiger partial charge < -0.3 is 15.8 Å². The topological polar surface area (TPSA) is 76.7 Å². The van der Waals surface area contributed by atoms with E-state index in [2.05, 4.69) is 28.5 Å². The number of amides is 1. The van der Waals surface area contributed by atoms with Crippen molar-refractivity contribution < 1.29 is 9.53 Å². The molecule has 32 heavy (non-hydrogen) atoms. The van der Waals surface area contributed by atoms with Crippen molar-refractivity contribution in [3.63, 3.8) is 0 Å². The first-order valence-electron chi connectivity index (χ1n) is 10.7. The predicted octanol–water partition coefficient (Wildman–Crippen LogP) is 4.89. The number of fused-ring (bicyclic) bond motifs is 1. The summed E-state index contributed by atoms with van der Waals surface area (Å²) in [4.78, 5) is 17.7. The number of aliphatic imine (C=N–C) groups is 1. The highest BCUT2D eigenvalue weighted by molar-refractivity contribution is 6.03. The van der Waals surface area contributed by atoms with E-state index in [1.165, 1.54) is 11.1 Å². The van der Waals surface area contributed by atoms with Crippen LogP contribution in [0.15, 0.2) is 71.7 Å². The number of hydrogen-bond donors (Lipinski definition) is 2. The van der Waals surface area contributed by atoms with Gasteiger partial charge in [0.25, 0.3) is 5.91 Å². The molecule has 0 aromatic heterocycles. The van der Waals surface area contributed by atoms with Gasteiger partial charge >= 0.3 is 0 Å². The zero-order chi connectivity index (χ0) is 22.9. The van der Waals surface area contributed by atoms with Crippen molar-refractivity contribution in [2.24, 2.45) is 10.7 Å². The van der Waals surface area contributed by atoms with Crippen LogP contribution < -0.4 is 15.8 Å². The first-order chi connectivity index (χ1) is 15.3. The summed E-state index contributed by atoms with van der Waals surface area (Å²) in [5.74, 6) is 0.556. The fourth-order valence-electron chi connectivity index (χ4n) is 4.09. The maximum absolute atomic E-state index is 13.2. The average molecular weight is 428 g/mol. The van der Waals surface area contributed by atoms with Gasteiger partial charge in [0.2, 0.25) is 0 Å². The van der Waals surface area contributed by atoms with Crippen LogP contribution in [0.4, 0.5) is 0 Å². The van der Waals surface area contributed by atoms with Crippen molar-refractivity contribution in [1.82, 2.24) is 5.32 Å². The molecule has 1 amide bonds. The third-order valence-corrected chi connectivity index (χ3v) is 5.89. The molecular weight excluding hydrogens is 398 g/mol. The van der Waals surface area contributed by atoms with E-state index in [-0.39, 0.29) is 11.9 Å². The number of nitrogens with zero attached hydrogens (tertiary/aromatic N) is 1. The second-order valence-corrected chi connectivity index (χ2v) is 8.86. The van der Waals surface area contributed by atoms with Crippen molar-refractivity contribution in [2.75, 3.05) is 7.11 Å². The summed E-state index contributed by atoms with van der Waals surface area (Å²) >= 11 is 0. The molecule has 5 heteroatoms. The smallest absolute Gasteiger partial charge is 0.251 e. The number of ether oxygens (including phenoxy) is 1. The molecule has 4 rings (SSSR count). The van der Waals surface area contributed by atoms with Gasteiger partial charge in [-0.05, 0) is 73.4 Å². The number of methoxy groups -OCH3 is 1. The van der Waals surface area contributed by atoms with Gasteiger partial charge in [-0.1, -0.05) is 36.4 Å². The molecule has 3 aromatic carbocycles. The lowest BCUT2D eigenvalue weighted by Gasteiger charge is -2.32. The first kappa shape index (κ1) is 21.8. The third kappa shape index (κ3) is 4.43. The third-order valence-electron chi connectivity index (χ3n) is 5.89. The molecule has 1 aliphatic heterocycles. The summed E-state index contributed by atoms with van der Waals surface area (Å²) in [6.07, 6.45) is 0. The Hall–Kier alpha value is -3.44. The molecule has 3 N–H and O–H groups in total. The van der Waals surface area contributed by atoms with Crippen molar-refractivity contribution >= 4 is 11.6 Å². The van der Waals surface area contributed by atoms with Gasteiger partial charge in [0.1, 0.15) is 5.75 Å². The molecule has 0 fully saturated rings. The van der Waals surface area contributed by atoms with Crippen LogP contribution in [0.3, 0.4) is 0 Å². The molecule has 5 nitrogen and oxygen atoms in total. The van der Waals surface area contributed by atoms with E-state index < -0.39 is 5.54 Å². The molecule has 0 saturated heterocycles. The molecule has 164 valence electrons.